The van der Waals surface area contributed by atoms with Crippen LogP contribution in [0.15, 0.2) is 0 Å². The molecule has 2 aliphatic rings. The van der Waals surface area contributed by atoms with Crippen molar-refractivity contribution in [3.05, 3.63) is 0 Å². The molecule has 0 aromatic heterocycles. The Hall–Kier alpha value is -0.610. The van der Waals surface area contributed by atoms with E-state index in [1.54, 1.807) is 0 Å². The van der Waals surface area contributed by atoms with E-state index in [1.165, 1.54) is 77.0 Å². The first kappa shape index (κ1) is 19.7. The average molecular weight is 341 g/mol. The van der Waals surface area contributed by atoms with Crippen LogP contribution in [0.25, 0.3) is 0 Å². The lowest BCUT2D eigenvalue weighted by Crippen LogP contribution is -2.00. The maximum Gasteiger partial charge on any atom is 0.303 e. The predicted octanol–water partition coefficient (Wildman–Crippen LogP) is 5.44. The SMILES string of the molecule is CCCCC1OC12OC2CCCCCCCCCCCCC(=O)O. The van der Waals surface area contributed by atoms with Gasteiger partial charge in [-0.2, -0.15) is 0 Å². The lowest BCUT2D eigenvalue weighted by atomic mass is 10.0. The van der Waals surface area contributed by atoms with Crippen LogP contribution in [0.3, 0.4) is 0 Å². The first-order valence-electron chi connectivity index (χ1n) is 10.3. The molecule has 4 heteroatoms. The molecule has 2 rings (SSSR count). The van der Waals surface area contributed by atoms with E-state index in [1.807, 2.05) is 0 Å². The van der Waals surface area contributed by atoms with E-state index in [4.69, 9.17) is 14.6 Å². The maximum absolute atomic E-state index is 10.4. The van der Waals surface area contributed by atoms with Gasteiger partial charge in [0.2, 0.25) is 5.79 Å². The van der Waals surface area contributed by atoms with Gasteiger partial charge in [0, 0.05) is 6.42 Å². The van der Waals surface area contributed by atoms with E-state index >= 15 is 0 Å². The van der Waals surface area contributed by atoms with Crippen molar-refractivity contribution in [2.24, 2.45) is 0 Å². The summed E-state index contributed by atoms with van der Waals surface area (Å²) in [6, 6.07) is 0. The van der Waals surface area contributed by atoms with E-state index in [0.29, 0.717) is 18.6 Å². The van der Waals surface area contributed by atoms with E-state index in [-0.39, 0.29) is 5.79 Å². The topological polar surface area (TPSA) is 62.4 Å². The molecule has 4 nitrogen and oxygen atoms in total. The van der Waals surface area contributed by atoms with Crippen LogP contribution in [-0.4, -0.2) is 29.1 Å². The van der Waals surface area contributed by atoms with E-state index < -0.39 is 5.97 Å². The third kappa shape index (κ3) is 6.72. The fourth-order valence-electron chi connectivity index (χ4n) is 3.69. The van der Waals surface area contributed by atoms with Crippen LogP contribution in [-0.2, 0) is 14.3 Å². The second kappa shape index (κ2) is 10.4. The minimum atomic E-state index is -0.665. The van der Waals surface area contributed by atoms with Gasteiger partial charge in [0.1, 0.15) is 12.2 Å². The minimum Gasteiger partial charge on any atom is -0.481 e. The number of carbonyl (C=O) groups is 1. The predicted molar refractivity (Wildman–Crippen MR) is 95.0 cm³/mol. The summed E-state index contributed by atoms with van der Waals surface area (Å²) in [4.78, 5) is 10.4. The van der Waals surface area contributed by atoms with Gasteiger partial charge in [0.05, 0.1) is 0 Å². The van der Waals surface area contributed by atoms with Crippen molar-refractivity contribution in [1.29, 1.82) is 0 Å². The monoisotopic (exact) mass is 340 g/mol. The molecule has 1 N–H and O–H groups in total. The van der Waals surface area contributed by atoms with Gasteiger partial charge in [-0.05, 0) is 19.3 Å². The molecule has 2 fully saturated rings. The zero-order chi connectivity index (χ0) is 17.3. The second-order valence-electron chi connectivity index (χ2n) is 7.54. The molecule has 0 aromatic rings. The van der Waals surface area contributed by atoms with E-state index in [2.05, 4.69) is 6.92 Å². The lowest BCUT2D eigenvalue weighted by Gasteiger charge is -2.02. The molecule has 2 aliphatic heterocycles. The molecule has 0 bridgehead atoms. The van der Waals surface area contributed by atoms with Crippen LogP contribution in [0.1, 0.15) is 103 Å². The van der Waals surface area contributed by atoms with Gasteiger partial charge in [-0.1, -0.05) is 77.6 Å². The van der Waals surface area contributed by atoms with Gasteiger partial charge in [-0.25, -0.2) is 0 Å². The normalized spacial score (nSPS) is 27.5. The van der Waals surface area contributed by atoms with Crippen LogP contribution in [0.5, 0.6) is 0 Å². The van der Waals surface area contributed by atoms with Crippen LogP contribution in [0, 0.1) is 0 Å². The molecule has 0 aromatic carbocycles. The van der Waals surface area contributed by atoms with Crippen molar-refractivity contribution in [3.63, 3.8) is 0 Å². The summed E-state index contributed by atoms with van der Waals surface area (Å²) in [6.45, 7) is 2.22. The fourth-order valence-corrected chi connectivity index (χ4v) is 3.69. The molecule has 3 atom stereocenters. The van der Waals surface area contributed by atoms with E-state index in [9.17, 15) is 4.79 Å². The Balaban J connectivity index is 1.29. The molecule has 3 unspecified atom stereocenters. The highest BCUT2D eigenvalue weighted by atomic mass is 16.9. The van der Waals surface area contributed by atoms with Crippen molar-refractivity contribution in [2.75, 3.05) is 0 Å². The first-order valence-corrected chi connectivity index (χ1v) is 10.3. The number of aliphatic carboxylic acids is 1. The summed E-state index contributed by atoms with van der Waals surface area (Å²) < 4.78 is 11.5. The van der Waals surface area contributed by atoms with Crippen molar-refractivity contribution in [3.8, 4) is 0 Å². The average Bonchev–Trinajstić information content (AvgIpc) is 3.44. The summed E-state index contributed by atoms with van der Waals surface area (Å²) in [5, 5.41) is 8.56. The van der Waals surface area contributed by atoms with Gasteiger partial charge in [0.25, 0.3) is 0 Å². The molecular formula is C20H36O4. The van der Waals surface area contributed by atoms with Gasteiger partial charge in [-0.15, -0.1) is 0 Å². The summed E-state index contributed by atoms with van der Waals surface area (Å²) in [5.74, 6) is -0.780. The fraction of sp³-hybridized carbons (Fsp3) is 0.950. The molecule has 24 heavy (non-hydrogen) atoms. The Morgan fingerprint density at radius 2 is 1.25 bits per heavy atom. The number of epoxide rings is 2. The molecular weight excluding hydrogens is 304 g/mol. The Kier molecular flexibility index (Phi) is 8.54. The molecule has 2 heterocycles. The van der Waals surface area contributed by atoms with Crippen molar-refractivity contribution < 1.29 is 19.4 Å². The number of rotatable bonds is 16. The van der Waals surface area contributed by atoms with Gasteiger partial charge in [-0.3, -0.25) is 4.79 Å². The zero-order valence-electron chi connectivity index (χ0n) is 15.4. The molecule has 1 spiro atoms. The largest absolute Gasteiger partial charge is 0.481 e. The zero-order valence-corrected chi connectivity index (χ0v) is 15.4. The van der Waals surface area contributed by atoms with Crippen LogP contribution >= 0.6 is 0 Å². The Labute approximate surface area is 147 Å². The number of carboxylic acid groups (broad SMARTS) is 1. The Morgan fingerprint density at radius 1 is 0.792 bits per heavy atom. The molecule has 0 aliphatic carbocycles. The highest BCUT2D eigenvalue weighted by Crippen LogP contribution is 2.58. The number of hydrogen-bond donors (Lipinski definition) is 1. The Bertz CT molecular complexity index is 371. The second-order valence-corrected chi connectivity index (χ2v) is 7.54. The van der Waals surface area contributed by atoms with Crippen molar-refractivity contribution in [1.82, 2.24) is 0 Å². The standard InChI is InChI=1S/C20H36O4/c1-2-3-14-17-20(23-17)18(24-20)15-12-10-8-6-4-5-7-9-11-13-16-19(21)22/h17-18H,2-16H2,1H3,(H,21,22). The smallest absolute Gasteiger partial charge is 0.303 e. The highest BCUT2D eigenvalue weighted by Gasteiger charge is 2.75. The lowest BCUT2D eigenvalue weighted by molar-refractivity contribution is -0.137. The molecule has 140 valence electrons. The first-order chi connectivity index (χ1) is 11.7. The van der Waals surface area contributed by atoms with Crippen molar-refractivity contribution in [2.45, 2.75) is 121 Å². The summed E-state index contributed by atoms with van der Waals surface area (Å²) >= 11 is 0. The number of ether oxygens (including phenoxy) is 2. The highest BCUT2D eigenvalue weighted by molar-refractivity contribution is 5.66. The minimum absolute atomic E-state index is 0.115. The molecule has 0 radical (unpaired) electrons. The van der Waals surface area contributed by atoms with Gasteiger partial charge < -0.3 is 14.6 Å². The van der Waals surface area contributed by atoms with Gasteiger partial charge in [0.15, 0.2) is 0 Å². The molecule has 0 amide bonds. The number of carboxylic acids is 1. The number of hydrogen-bond acceptors (Lipinski definition) is 3. The van der Waals surface area contributed by atoms with Crippen molar-refractivity contribution >= 4 is 5.97 Å². The molecule has 0 saturated carbocycles. The Morgan fingerprint density at radius 3 is 1.75 bits per heavy atom. The maximum atomic E-state index is 10.4. The molecule has 2 saturated heterocycles. The number of unbranched alkanes of at least 4 members (excludes halogenated alkanes) is 10. The third-order valence-corrected chi connectivity index (χ3v) is 5.36. The summed E-state index contributed by atoms with van der Waals surface area (Å²) in [6.07, 6.45) is 18.2. The quantitative estimate of drug-likeness (QED) is 0.300. The van der Waals surface area contributed by atoms with Gasteiger partial charge >= 0.3 is 5.97 Å². The third-order valence-electron chi connectivity index (χ3n) is 5.36. The van der Waals surface area contributed by atoms with Crippen LogP contribution in [0.2, 0.25) is 0 Å². The van der Waals surface area contributed by atoms with E-state index in [0.717, 1.165) is 12.8 Å². The summed E-state index contributed by atoms with van der Waals surface area (Å²) in [7, 11) is 0. The van der Waals surface area contributed by atoms with Crippen LogP contribution in [0.4, 0.5) is 0 Å². The van der Waals surface area contributed by atoms with Crippen LogP contribution < -0.4 is 0 Å². The summed E-state index contributed by atoms with van der Waals surface area (Å²) in [5.41, 5.74) is 0.